The number of H-pyrrole nitrogens is 1. The van der Waals surface area contributed by atoms with Crippen LogP contribution in [0, 0.1) is 4.77 Å². The van der Waals surface area contributed by atoms with E-state index in [9.17, 15) is 0 Å². The van der Waals surface area contributed by atoms with Crippen LogP contribution < -0.4 is 4.74 Å². The van der Waals surface area contributed by atoms with Crippen molar-refractivity contribution in [2.75, 3.05) is 7.11 Å². The lowest BCUT2D eigenvalue weighted by atomic mass is 10.2. The summed E-state index contributed by atoms with van der Waals surface area (Å²) in [5.41, 5.74) is 0.891. The molecular formula is C13H16N4OS. The second-order valence-electron chi connectivity index (χ2n) is 4.34. The van der Waals surface area contributed by atoms with Gasteiger partial charge in [0.15, 0.2) is 5.82 Å². The Morgan fingerprint density at radius 1 is 1.42 bits per heavy atom. The van der Waals surface area contributed by atoms with Crippen LogP contribution in [0.15, 0.2) is 29.4 Å². The van der Waals surface area contributed by atoms with Crippen molar-refractivity contribution in [1.82, 2.24) is 14.9 Å². The zero-order valence-electron chi connectivity index (χ0n) is 11.1. The third kappa shape index (κ3) is 2.90. The van der Waals surface area contributed by atoms with Crippen LogP contribution in [0.1, 0.15) is 31.2 Å². The first-order valence-electron chi connectivity index (χ1n) is 5.98. The van der Waals surface area contributed by atoms with E-state index in [4.69, 9.17) is 17.0 Å². The van der Waals surface area contributed by atoms with Crippen molar-refractivity contribution in [2.24, 2.45) is 5.10 Å². The molecule has 0 saturated heterocycles. The Morgan fingerprint density at radius 2 is 2.16 bits per heavy atom. The van der Waals surface area contributed by atoms with Crippen LogP contribution in [-0.4, -0.2) is 28.2 Å². The number of nitrogens with one attached hydrogen (secondary N) is 1. The SMILES string of the molecule is COc1ccccc1/C=N/n1c(C(C)C)n[nH]c1=S. The molecule has 100 valence electrons. The molecule has 19 heavy (non-hydrogen) atoms. The number of hydrogen-bond donors (Lipinski definition) is 1. The summed E-state index contributed by atoms with van der Waals surface area (Å²) in [6, 6.07) is 7.67. The maximum absolute atomic E-state index is 5.27. The van der Waals surface area contributed by atoms with E-state index in [1.807, 2.05) is 38.1 Å². The summed E-state index contributed by atoms with van der Waals surface area (Å²) < 4.78 is 7.39. The van der Waals surface area contributed by atoms with E-state index in [-0.39, 0.29) is 5.92 Å². The number of hydrogen-bond acceptors (Lipinski definition) is 4. The largest absolute Gasteiger partial charge is 0.496 e. The molecule has 2 aromatic rings. The topological polar surface area (TPSA) is 55.2 Å². The average molecular weight is 276 g/mol. The van der Waals surface area contributed by atoms with Crippen molar-refractivity contribution >= 4 is 18.4 Å². The van der Waals surface area contributed by atoms with E-state index in [1.165, 1.54) is 0 Å². The molecule has 0 spiro atoms. The number of aromatic nitrogens is 3. The van der Waals surface area contributed by atoms with E-state index in [2.05, 4.69) is 15.3 Å². The Hall–Kier alpha value is -1.95. The van der Waals surface area contributed by atoms with Crippen molar-refractivity contribution in [1.29, 1.82) is 0 Å². The minimum absolute atomic E-state index is 0.239. The molecule has 2 rings (SSSR count). The lowest BCUT2D eigenvalue weighted by Gasteiger charge is -2.05. The molecule has 0 unspecified atom stereocenters. The molecule has 0 amide bonds. The highest BCUT2D eigenvalue weighted by Gasteiger charge is 2.09. The number of methoxy groups -OCH3 is 1. The van der Waals surface area contributed by atoms with Gasteiger partial charge in [0.05, 0.1) is 13.3 Å². The van der Waals surface area contributed by atoms with Gasteiger partial charge >= 0.3 is 0 Å². The average Bonchev–Trinajstić information content (AvgIpc) is 2.78. The second kappa shape index (κ2) is 5.79. The summed E-state index contributed by atoms with van der Waals surface area (Å²) in [5, 5.41) is 11.3. The Morgan fingerprint density at radius 3 is 2.84 bits per heavy atom. The molecule has 0 saturated carbocycles. The van der Waals surface area contributed by atoms with Crippen molar-refractivity contribution in [3.05, 3.63) is 40.4 Å². The predicted molar refractivity (Wildman–Crippen MR) is 77.5 cm³/mol. The van der Waals surface area contributed by atoms with Crippen LogP contribution in [0.3, 0.4) is 0 Å². The van der Waals surface area contributed by atoms with Gasteiger partial charge in [-0.05, 0) is 24.4 Å². The summed E-state index contributed by atoms with van der Waals surface area (Å²) >= 11 is 5.17. The van der Waals surface area contributed by atoms with Crippen LogP contribution in [0.25, 0.3) is 0 Å². The Labute approximate surface area is 116 Å². The normalized spacial score (nSPS) is 11.4. The van der Waals surface area contributed by atoms with E-state index < -0.39 is 0 Å². The molecule has 0 aliphatic heterocycles. The maximum Gasteiger partial charge on any atom is 0.216 e. The van der Waals surface area contributed by atoms with Gasteiger partial charge in [-0.25, -0.2) is 0 Å². The molecule has 1 aromatic carbocycles. The minimum atomic E-state index is 0.239. The second-order valence-corrected chi connectivity index (χ2v) is 4.73. The van der Waals surface area contributed by atoms with E-state index in [0.29, 0.717) is 4.77 Å². The van der Waals surface area contributed by atoms with Crippen LogP contribution in [0.2, 0.25) is 0 Å². The Bertz CT molecular complexity index is 642. The van der Waals surface area contributed by atoms with Gasteiger partial charge in [0.2, 0.25) is 4.77 Å². The van der Waals surface area contributed by atoms with Gasteiger partial charge in [-0.3, -0.25) is 5.10 Å². The molecular weight excluding hydrogens is 260 g/mol. The Kier molecular flexibility index (Phi) is 4.11. The third-order valence-electron chi connectivity index (χ3n) is 2.64. The fraction of sp³-hybridized carbons (Fsp3) is 0.308. The van der Waals surface area contributed by atoms with Crippen molar-refractivity contribution in [3.8, 4) is 5.75 Å². The highest BCUT2D eigenvalue weighted by molar-refractivity contribution is 7.71. The number of ether oxygens (including phenoxy) is 1. The number of benzene rings is 1. The molecule has 0 fully saturated rings. The van der Waals surface area contributed by atoms with Crippen LogP contribution in [0.4, 0.5) is 0 Å². The number of aromatic amines is 1. The first-order valence-corrected chi connectivity index (χ1v) is 6.39. The van der Waals surface area contributed by atoms with Gasteiger partial charge in [0.25, 0.3) is 0 Å². The van der Waals surface area contributed by atoms with Crippen LogP contribution >= 0.6 is 12.2 Å². The number of rotatable bonds is 4. The van der Waals surface area contributed by atoms with E-state index >= 15 is 0 Å². The molecule has 1 heterocycles. The number of para-hydroxylation sites is 1. The molecule has 0 atom stereocenters. The monoisotopic (exact) mass is 276 g/mol. The smallest absolute Gasteiger partial charge is 0.216 e. The van der Waals surface area contributed by atoms with Gasteiger partial charge in [0, 0.05) is 11.5 Å². The zero-order chi connectivity index (χ0) is 13.8. The van der Waals surface area contributed by atoms with E-state index in [1.54, 1.807) is 18.0 Å². The fourth-order valence-corrected chi connectivity index (χ4v) is 1.87. The highest BCUT2D eigenvalue weighted by atomic mass is 32.1. The molecule has 5 nitrogen and oxygen atoms in total. The highest BCUT2D eigenvalue weighted by Crippen LogP contribution is 2.16. The van der Waals surface area contributed by atoms with Gasteiger partial charge in [-0.2, -0.15) is 14.9 Å². The van der Waals surface area contributed by atoms with Gasteiger partial charge in [0.1, 0.15) is 5.75 Å². The summed E-state index contributed by atoms with van der Waals surface area (Å²) in [6.07, 6.45) is 1.72. The summed E-state index contributed by atoms with van der Waals surface area (Å²) in [5.74, 6) is 1.81. The van der Waals surface area contributed by atoms with E-state index in [0.717, 1.165) is 17.1 Å². The minimum Gasteiger partial charge on any atom is -0.496 e. The third-order valence-corrected chi connectivity index (χ3v) is 2.91. The molecule has 1 aromatic heterocycles. The van der Waals surface area contributed by atoms with Crippen LogP contribution in [0.5, 0.6) is 5.75 Å². The van der Waals surface area contributed by atoms with Crippen molar-refractivity contribution < 1.29 is 4.74 Å². The van der Waals surface area contributed by atoms with Gasteiger partial charge < -0.3 is 4.74 Å². The lowest BCUT2D eigenvalue weighted by molar-refractivity contribution is 0.414. The molecule has 0 radical (unpaired) electrons. The molecule has 1 N–H and O–H groups in total. The van der Waals surface area contributed by atoms with Crippen molar-refractivity contribution in [2.45, 2.75) is 19.8 Å². The first kappa shape index (κ1) is 13.5. The first-order chi connectivity index (χ1) is 9.13. The van der Waals surface area contributed by atoms with Gasteiger partial charge in [-0.1, -0.05) is 26.0 Å². The maximum atomic E-state index is 5.27. The van der Waals surface area contributed by atoms with Gasteiger partial charge in [-0.15, -0.1) is 0 Å². The predicted octanol–water partition coefficient (Wildman–Crippen LogP) is 2.95. The standard InChI is InChI=1S/C13H16N4OS/c1-9(2)12-15-16-13(19)17(12)14-8-10-6-4-5-7-11(10)18-3/h4-9H,1-3H3,(H,16,19)/b14-8+. The van der Waals surface area contributed by atoms with Crippen LogP contribution in [-0.2, 0) is 0 Å². The molecule has 6 heteroatoms. The fourth-order valence-electron chi connectivity index (χ4n) is 1.68. The zero-order valence-corrected chi connectivity index (χ0v) is 11.9. The quantitative estimate of drug-likeness (QED) is 0.690. The number of nitrogens with zero attached hydrogens (tertiary/aromatic N) is 3. The summed E-state index contributed by atoms with van der Waals surface area (Å²) in [4.78, 5) is 0. The molecule has 0 aliphatic carbocycles. The molecule has 0 aliphatic rings. The Balaban J connectivity index is 2.38. The lowest BCUT2D eigenvalue weighted by Crippen LogP contribution is -2.01. The summed E-state index contributed by atoms with van der Waals surface area (Å²) in [7, 11) is 1.63. The van der Waals surface area contributed by atoms with Crippen molar-refractivity contribution in [3.63, 3.8) is 0 Å². The molecule has 0 bridgehead atoms. The summed E-state index contributed by atoms with van der Waals surface area (Å²) in [6.45, 7) is 4.08.